The summed E-state index contributed by atoms with van der Waals surface area (Å²) in [6.45, 7) is 0. The molecule has 10 heteroatoms. The Morgan fingerprint density at radius 3 is 2.25 bits per heavy atom. The molecule has 1 aliphatic heterocycles. The molecule has 1 aliphatic rings. The number of nitrogens with one attached hydrogen (secondary N) is 1. The molecule has 3 aromatic rings. The molecule has 0 spiro atoms. The fourth-order valence-electron chi connectivity index (χ4n) is 4.47. The van der Waals surface area contributed by atoms with Crippen LogP contribution in [0.15, 0.2) is 48.8 Å². The van der Waals surface area contributed by atoms with E-state index < -0.39 is 12.0 Å². The van der Waals surface area contributed by atoms with E-state index in [1.165, 1.54) is 33.3 Å². The van der Waals surface area contributed by atoms with Gasteiger partial charge in [0.25, 0.3) is 5.91 Å². The average Bonchev–Trinajstić information content (AvgIpc) is 2.90. The molecular weight excluding hydrogens is 486 g/mol. The van der Waals surface area contributed by atoms with Gasteiger partial charge < -0.3 is 29.2 Å². The minimum absolute atomic E-state index is 0.256. The first kappa shape index (κ1) is 25.1. The Labute approximate surface area is 213 Å². The SMILES string of the molecule is COc1cc(OC)c(NC(=O)C2c3cc(OC)c(OC)cc3C(=O)N(C)C2c2cccnc2)cc1Cl. The number of carbonyl (C=O) groups excluding carboxylic acids is 2. The first-order valence-corrected chi connectivity index (χ1v) is 11.4. The van der Waals surface area contributed by atoms with Crippen LogP contribution in [0, 0.1) is 0 Å². The average molecular weight is 512 g/mol. The van der Waals surface area contributed by atoms with E-state index in [1.807, 2.05) is 6.07 Å². The van der Waals surface area contributed by atoms with Crippen molar-refractivity contribution in [3.05, 3.63) is 70.5 Å². The second kappa shape index (κ2) is 10.3. The maximum Gasteiger partial charge on any atom is 0.254 e. The molecule has 0 bridgehead atoms. The van der Waals surface area contributed by atoms with Gasteiger partial charge in [-0.05, 0) is 35.4 Å². The van der Waals surface area contributed by atoms with Gasteiger partial charge in [-0.1, -0.05) is 17.7 Å². The molecule has 1 N–H and O–H groups in total. The molecule has 2 atom stereocenters. The Balaban J connectivity index is 1.88. The van der Waals surface area contributed by atoms with E-state index in [4.69, 9.17) is 30.5 Å². The van der Waals surface area contributed by atoms with Gasteiger partial charge in [-0.15, -0.1) is 0 Å². The summed E-state index contributed by atoms with van der Waals surface area (Å²) < 4.78 is 21.6. The first-order chi connectivity index (χ1) is 17.3. The summed E-state index contributed by atoms with van der Waals surface area (Å²) in [5.74, 6) is 0.115. The predicted octanol–water partition coefficient (Wildman–Crippen LogP) is 4.32. The Kier molecular flexibility index (Phi) is 7.21. The van der Waals surface area contributed by atoms with Gasteiger partial charge in [-0.3, -0.25) is 14.6 Å². The van der Waals surface area contributed by atoms with Crippen molar-refractivity contribution in [2.45, 2.75) is 12.0 Å². The highest BCUT2D eigenvalue weighted by molar-refractivity contribution is 6.32. The van der Waals surface area contributed by atoms with Crippen molar-refractivity contribution in [1.82, 2.24) is 9.88 Å². The third kappa shape index (κ3) is 4.37. The lowest BCUT2D eigenvalue weighted by Crippen LogP contribution is -2.44. The molecule has 36 heavy (non-hydrogen) atoms. The van der Waals surface area contributed by atoms with Gasteiger partial charge >= 0.3 is 0 Å². The molecule has 2 unspecified atom stereocenters. The number of rotatable bonds is 7. The van der Waals surface area contributed by atoms with Gasteiger partial charge in [0, 0.05) is 31.1 Å². The molecule has 0 saturated heterocycles. The number of benzene rings is 2. The van der Waals surface area contributed by atoms with Crippen molar-refractivity contribution in [3.63, 3.8) is 0 Å². The number of fused-ring (bicyclic) bond motifs is 1. The Morgan fingerprint density at radius 2 is 1.64 bits per heavy atom. The molecule has 0 aliphatic carbocycles. The standard InChI is InChI=1S/C26H26ClN3O6/c1-30-24(14-7-6-8-28-13-14)23(15-9-21(35-4)22(36-5)10-16(15)26(30)32)25(31)29-18-11-17(27)19(33-2)12-20(18)34-3/h6-13,23-24H,1-5H3,(H,29,31). The number of hydrogen-bond donors (Lipinski definition) is 1. The summed E-state index contributed by atoms with van der Waals surface area (Å²) >= 11 is 6.33. The van der Waals surface area contributed by atoms with Crippen LogP contribution >= 0.6 is 11.6 Å². The third-order valence-corrected chi connectivity index (χ3v) is 6.51. The molecule has 0 fully saturated rings. The number of amides is 2. The number of carbonyl (C=O) groups is 2. The molecule has 4 rings (SSSR count). The Morgan fingerprint density at radius 1 is 0.972 bits per heavy atom. The molecular formula is C26H26ClN3O6. The molecule has 188 valence electrons. The van der Waals surface area contributed by atoms with E-state index in [0.717, 1.165) is 0 Å². The zero-order chi connectivity index (χ0) is 26.0. The van der Waals surface area contributed by atoms with Gasteiger partial charge in [-0.2, -0.15) is 0 Å². The number of anilines is 1. The van der Waals surface area contributed by atoms with Crippen LogP contribution in [0.5, 0.6) is 23.0 Å². The molecule has 2 heterocycles. The zero-order valence-electron chi connectivity index (χ0n) is 20.5. The number of ether oxygens (including phenoxy) is 4. The second-order valence-electron chi connectivity index (χ2n) is 8.10. The first-order valence-electron chi connectivity index (χ1n) is 11.0. The summed E-state index contributed by atoms with van der Waals surface area (Å²) in [6.07, 6.45) is 3.28. The highest BCUT2D eigenvalue weighted by atomic mass is 35.5. The van der Waals surface area contributed by atoms with Crippen molar-refractivity contribution in [2.75, 3.05) is 40.8 Å². The lowest BCUT2D eigenvalue weighted by atomic mass is 9.79. The molecule has 2 amide bonds. The van der Waals surface area contributed by atoms with Crippen LogP contribution in [-0.4, -0.2) is 57.2 Å². The number of methoxy groups -OCH3 is 4. The van der Waals surface area contributed by atoms with Crippen LogP contribution in [0.4, 0.5) is 5.69 Å². The van der Waals surface area contributed by atoms with Gasteiger partial charge in [0.15, 0.2) is 11.5 Å². The van der Waals surface area contributed by atoms with Crippen LogP contribution in [0.1, 0.15) is 33.4 Å². The van der Waals surface area contributed by atoms with Crippen molar-refractivity contribution in [2.24, 2.45) is 0 Å². The number of hydrogen-bond acceptors (Lipinski definition) is 7. The van der Waals surface area contributed by atoms with E-state index >= 15 is 0 Å². The van der Waals surface area contributed by atoms with E-state index in [-0.39, 0.29) is 11.8 Å². The van der Waals surface area contributed by atoms with Gasteiger partial charge in [0.1, 0.15) is 11.5 Å². The van der Waals surface area contributed by atoms with Gasteiger partial charge in [0.2, 0.25) is 5.91 Å². The van der Waals surface area contributed by atoms with Gasteiger partial charge in [0.05, 0.1) is 51.1 Å². The largest absolute Gasteiger partial charge is 0.495 e. The second-order valence-corrected chi connectivity index (χ2v) is 8.50. The predicted molar refractivity (Wildman–Crippen MR) is 135 cm³/mol. The fourth-order valence-corrected chi connectivity index (χ4v) is 4.71. The molecule has 2 aromatic carbocycles. The Bertz CT molecular complexity index is 1300. The van der Waals surface area contributed by atoms with E-state index in [0.29, 0.717) is 50.4 Å². The normalized spacial score (nSPS) is 16.7. The monoisotopic (exact) mass is 511 g/mol. The third-order valence-electron chi connectivity index (χ3n) is 6.21. The number of aromatic nitrogens is 1. The topological polar surface area (TPSA) is 99.2 Å². The maximum absolute atomic E-state index is 14.0. The summed E-state index contributed by atoms with van der Waals surface area (Å²) in [5.41, 5.74) is 1.91. The molecule has 1 aromatic heterocycles. The van der Waals surface area contributed by atoms with Crippen LogP contribution in [0.2, 0.25) is 5.02 Å². The van der Waals surface area contributed by atoms with E-state index in [2.05, 4.69) is 10.3 Å². The number of likely N-dealkylation sites (N-methyl/N-ethyl adjacent to an activating group) is 1. The lowest BCUT2D eigenvalue weighted by molar-refractivity contribution is -0.119. The van der Waals surface area contributed by atoms with Gasteiger partial charge in [-0.25, -0.2) is 0 Å². The van der Waals surface area contributed by atoms with Crippen molar-refractivity contribution < 1.29 is 28.5 Å². The maximum atomic E-state index is 14.0. The summed E-state index contributed by atoms with van der Waals surface area (Å²) in [5, 5.41) is 3.24. The molecule has 0 saturated carbocycles. The summed E-state index contributed by atoms with van der Waals surface area (Å²) in [7, 11) is 7.62. The highest BCUT2D eigenvalue weighted by Gasteiger charge is 2.44. The van der Waals surface area contributed by atoms with E-state index in [1.54, 1.807) is 49.8 Å². The number of nitrogens with zero attached hydrogens (tertiary/aromatic N) is 2. The molecule has 9 nitrogen and oxygen atoms in total. The van der Waals surface area contributed by atoms with E-state index in [9.17, 15) is 9.59 Å². The summed E-state index contributed by atoms with van der Waals surface area (Å²) in [6, 6.07) is 9.37. The van der Waals surface area contributed by atoms with Crippen LogP contribution in [0.3, 0.4) is 0 Å². The van der Waals surface area contributed by atoms with Crippen LogP contribution < -0.4 is 24.3 Å². The van der Waals surface area contributed by atoms with Crippen molar-refractivity contribution in [3.8, 4) is 23.0 Å². The number of pyridine rings is 1. The quantitative estimate of drug-likeness (QED) is 0.504. The van der Waals surface area contributed by atoms with Crippen molar-refractivity contribution >= 4 is 29.1 Å². The fraction of sp³-hybridized carbons (Fsp3) is 0.269. The Hall–Kier alpha value is -3.98. The minimum Gasteiger partial charge on any atom is -0.495 e. The number of halogens is 1. The summed E-state index contributed by atoms with van der Waals surface area (Å²) in [4.78, 5) is 33.2. The van der Waals surface area contributed by atoms with Crippen LogP contribution in [0.25, 0.3) is 0 Å². The lowest BCUT2D eigenvalue weighted by Gasteiger charge is -2.40. The van der Waals surface area contributed by atoms with Crippen LogP contribution in [-0.2, 0) is 4.79 Å². The highest BCUT2D eigenvalue weighted by Crippen LogP contribution is 2.46. The smallest absolute Gasteiger partial charge is 0.254 e. The van der Waals surface area contributed by atoms with Crippen molar-refractivity contribution in [1.29, 1.82) is 0 Å². The molecule has 0 radical (unpaired) electrons. The zero-order valence-corrected chi connectivity index (χ0v) is 21.3. The minimum atomic E-state index is -0.822.